The Labute approximate surface area is 207 Å². The molecule has 0 aliphatic carbocycles. The molecule has 1 heterocycles. The van der Waals surface area contributed by atoms with Gasteiger partial charge < -0.3 is 19.5 Å². The van der Waals surface area contributed by atoms with Crippen LogP contribution in [-0.2, 0) is 20.9 Å². The number of nitrogens with one attached hydrogen (secondary N) is 1. The Morgan fingerprint density at radius 3 is 2.26 bits per heavy atom. The highest BCUT2D eigenvalue weighted by molar-refractivity contribution is 5.82. The summed E-state index contributed by atoms with van der Waals surface area (Å²) in [6.07, 6.45) is 0.543. The molecule has 1 amide bonds. The number of amides is 1. The normalized spacial score (nSPS) is 17.3. The van der Waals surface area contributed by atoms with Crippen LogP contribution in [0.1, 0.15) is 57.7 Å². The molecule has 192 valence electrons. The van der Waals surface area contributed by atoms with E-state index in [0.29, 0.717) is 24.2 Å². The molecule has 2 aromatic rings. The van der Waals surface area contributed by atoms with Crippen LogP contribution in [0.4, 0.5) is 9.18 Å². The van der Waals surface area contributed by atoms with Gasteiger partial charge >= 0.3 is 12.1 Å². The first-order valence-electron chi connectivity index (χ1n) is 11.8. The van der Waals surface area contributed by atoms with Crippen molar-refractivity contribution < 1.29 is 28.2 Å². The van der Waals surface area contributed by atoms with E-state index in [1.165, 1.54) is 18.1 Å². The molecule has 1 aliphatic rings. The lowest BCUT2D eigenvalue weighted by Gasteiger charge is -2.31. The number of hydrogen-bond donors (Lipinski definition) is 1. The van der Waals surface area contributed by atoms with Gasteiger partial charge in [0.1, 0.15) is 29.8 Å². The Hall–Kier alpha value is -3.13. The van der Waals surface area contributed by atoms with Crippen LogP contribution in [0.5, 0.6) is 5.75 Å². The number of ether oxygens (including phenoxy) is 3. The van der Waals surface area contributed by atoms with E-state index in [9.17, 15) is 14.0 Å². The average molecular weight is 489 g/mol. The Morgan fingerprint density at radius 2 is 1.71 bits per heavy atom. The molecule has 1 saturated heterocycles. The summed E-state index contributed by atoms with van der Waals surface area (Å²) in [6.45, 7) is 8.60. The first kappa shape index (κ1) is 28.1. The Kier molecular flexibility index (Phi) is 10.5. The minimum atomic E-state index is -0.693. The van der Waals surface area contributed by atoms with Crippen LogP contribution in [0.3, 0.4) is 0 Å². The van der Waals surface area contributed by atoms with Crippen LogP contribution in [0.25, 0.3) is 0 Å². The van der Waals surface area contributed by atoms with E-state index >= 15 is 0 Å². The number of esters is 1. The SMILES string of the molecule is CCNC.COC(=O)C1CCC(c2ccc(OCc3ccccc3F)cc2)N1C(=O)OC(C)(C)C. The number of rotatable bonds is 6. The van der Waals surface area contributed by atoms with Gasteiger partial charge in [-0.3, -0.25) is 4.90 Å². The van der Waals surface area contributed by atoms with E-state index < -0.39 is 23.7 Å². The van der Waals surface area contributed by atoms with E-state index in [1.807, 2.05) is 19.2 Å². The summed E-state index contributed by atoms with van der Waals surface area (Å²) in [5.74, 6) is -0.191. The Balaban J connectivity index is 0.00000100. The second kappa shape index (κ2) is 13.1. The molecule has 2 unspecified atom stereocenters. The van der Waals surface area contributed by atoms with Crippen molar-refractivity contribution in [2.24, 2.45) is 0 Å². The van der Waals surface area contributed by atoms with Crippen molar-refractivity contribution in [1.29, 1.82) is 0 Å². The maximum absolute atomic E-state index is 13.8. The molecule has 1 fully saturated rings. The molecule has 1 N–H and O–H groups in total. The third-order valence-corrected chi connectivity index (χ3v) is 5.43. The van der Waals surface area contributed by atoms with Crippen molar-refractivity contribution in [3.8, 4) is 5.75 Å². The number of likely N-dealkylation sites (tertiary alicyclic amines) is 1. The molecule has 3 rings (SSSR count). The molecule has 2 aromatic carbocycles. The molecule has 0 radical (unpaired) electrons. The largest absolute Gasteiger partial charge is 0.489 e. The number of carbonyl (C=O) groups is 2. The van der Waals surface area contributed by atoms with Crippen LogP contribution in [0, 0.1) is 5.82 Å². The second-order valence-corrected chi connectivity index (χ2v) is 9.18. The fourth-order valence-corrected chi connectivity index (χ4v) is 3.64. The third kappa shape index (κ3) is 8.24. The summed E-state index contributed by atoms with van der Waals surface area (Å²) in [5.41, 5.74) is 0.643. The summed E-state index contributed by atoms with van der Waals surface area (Å²) in [5, 5.41) is 2.93. The van der Waals surface area contributed by atoms with Crippen molar-refractivity contribution in [2.75, 3.05) is 20.7 Å². The van der Waals surface area contributed by atoms with Gasteiger partial charge in [-0.15, -0.1) is 0 Å². The third-order valence-electron chi connectivity index (χ3n) is 5.43. The number of hydrogen-bond acceptors (Lipinski definition) is 6. The quantitative estimate of drug-likeness (QED) is 0.560. The Morgan fingerprint density at radius 1 is 1.09 bits per heavy atom. The first-order valence-corrected chi connectivity index (χ1v) is 11.8. The highest BCUT2D eigenvalue weighted by Crippen LogP contribution is 2.38. The molecule has 2 atom stereocenters. The number of benzene rings is 2. The molecular formula is C27H37FN2O5. The zero-order valence-electron chi connectivity index (χ0n) is 21.5. The lowest BCUT2D eigenvalue weighted by Crippen LogP contribution is -2.44. The van der Waals surface area contributed by atoms with Crippen molar-refractivity contribution in [3.05, 3.63) is 65.5 Å². The molecule has 0 aromatic heterocycles. The summed E-state index contributed by atoms with van der Waals surface area (Å²) < 4.78 is 29.9. The van der Waals surface area contributed by atoms with Crippen molar-refractivity contribution in [1.82, 2.24) is 10.2 Å². The molecule has 0 bridgehead atoms. The maximum atomic E-state index is 13.8. The van der Waals surface area contributed by atoms with Gasteiger partial charge in [-0.1, -0.05) is 37.3 Å². The van der Waals surface area contributed by atoms with Crippen LogP contribution >= 0.6 is 0 Å². The van der Waals surface area contributed by atoms with Crippen LogP contribution < -0.4 is 10.1 Å². The number of halogens is 1. The minimum Gasteiger partial charge on any atom is -0.489 e. The van der Waals surface area contributed by atoms with E-state index in [2.05, 4.69) is 12.2 Å². The van der Waals surface area contributed by atoms with E-state index in [4.69, 9.17) is 14.2 Å². The van der Waals surface area contributed by atoms with Crippen molar-refractivity contribution >= 4 is 12.1 Å². The van der Waals surface area contributed by atoms with Gasteiger partial charge in [-0.25, -0.2) is 14.0 Å². The highest BCUT2D eigenvalue weighted by Gasteiger charge is 2.44. The summed E-state index contributed by atoms with van der Waals surface area (Å²) in [4.78, 5) is 26.6. The fourth-order valence-electron chi connectivity index (χ4n) is 3.64. The summed E-state index contributed by atoms with van der Waals surface area (Å²) in [6, 6.07) is 12.7. The number of carbonyl (C=O) groups excluding carboxylic acids is 2. The minimum absolute atomic E-state index is 0.115. The zero-order chi connectivity index (χ0) is 26.0. The van der Waals surface area contributed by atoms with Crippen molar-refractivity contribution in [2.45, 2.75) is 64.8 Å². The van der Waals surface area contributed by atoms with Crippen LogP contribution in [-0.4, -0.2) is 49.3 Å². The van der Waals surface area contributed by atoms with Gasteiger partial charge in [0.25, 0.3) is 0 Å². The summed E-state index contributed by atoms with van der Waals surface area (Å²) in [7, 11) is 3.24. The van der Waals surface area contributed by atoms with Crippen LogP contribution in [0.2, 0.25) is 0 Å². The highest BCUT2D eigenvalue weighted by atomic mass is 19.1. The van der Waals surface area contributed by atoms with Gasteiger partial charge in [-0.2, -0.15) is 0 Å². The number of methoxy groups -OCH3 is 1. The van der Waals surface area contributed by atoms with Crippen molar-refractivity contribution in [3.63, 3.8) is 0 Å². The molecular weight excluding hydrogens is 451 g/mol. The monoisotopic (exact) mass is 488 g/mol. The molecule has 35 heavy (non-hydrogen) atoms. The number of nitrogens with zero attached hydrogens (tertiary/aromatic N) is 1. The first-order chi connectivity index (χ1) is 16.6. The fraction of sp³-hybridized carbons (Fsp3) is 0.481. The molecule has 1 aliphatic heterocycles. The lowest BCUT2D eigenvalue weighted by atomic mass is 10.0. The average Bonchev–Trinajstić information content (AvgIpc) is 3.28. The Bertz CT molecular complexity index is 957. The maximum Gasteiger partial charge on any atom is 0.411 e. The van der Waals surface area contributed by atoms with Gasteiger partial charge in [0.15, 0.2) is 0 Å². The lowest BCUT2D eigenvalue weighted by molar-refractivity contribution is -0.146. The second-order valence-electron chi connectivity index (χ2n) is 9.18. The topological polar surface area (TPSA) is 77.1 Å². The van der Waals surface area contributed by atoms with Gasteiger partial charge in [0, 0.05) is 5.56 Å². The molecule has 8 heteroatoms. The van der Waals surface area contributed by atoms with E-state index in [1.54, 1.807) is 51.1 Å². The molecule has 0 spiro atoms. The zero-order valence-corrected chi connectivity index (χ0v) is 21.5. The smallest absolute Gasteiger partial charge is 0.411 e. The van der Waals surface area contributed by atoms with E-state index in [-0.39, 0.29) is 18.5 Å². The molecule has 0 saturated carbocycles. The summed E-state index contributed by atoms with van der Waals surface area (Å²) >= 11 is 0. The van der Waals surface area contributed by atoms with Gasteiger partial charge in [0.2, 0.25) is 0 Å². The van der Waals surface area contributed by atoms with Crippen LogP contribution in [0.15, 0.2) is 48.5 Å². The molecule has 7 nitrogen and oxygen atoms in total. The van der Waals surface area contributed by atoms with E-state index in [0.717, 1.165) is 12.1 Å². The standard InChI is InChI=1S/C24H28FNO5.C3H9N/c1-24(2,3)31-23(28)26-20(13-14-21(26)22(27)29-4)16-9-11-18(12-10-16)30-15-17-7-5-6-8-19(17)25;1-3-4-2/h5-12,20-21H,13-15H2,1-4H3;4H,3H2,1-2H3. The van der Waals surface area contributed by atoms with Gasteiger partial charge in [0.05, 0.1) is 13.2 Å². The predicted octanol–water partition coefficient (Wildman–Crippen LogP) is 5.24. The van der Waals surface area contributed by atoms with Gasteiger partial charge in [-0.05, 0) is 71.0 Å². The predicted molar refractivity (Wildman–Crippen MR) is 133 cm³/mol.